The summed E-state index contributed by atoms with van der Waals surface area (Å²) in [6, 6.07) is 0. The van der Waals surface area contributed by atoms with Crippen LogP contribution >= 0.6 is 0 Å². The van der Waals surface area contributed by atoms with Gasteiger partial charge in [-0.1, -0.05) is 59.6 Å². The van der Waals surface area contributed by atoms with E-state index in [0.717, 1.165) is 29.6 Å². The summed E-state index contributed by atoms with van der Waals surface area (Å²) in [6.45, 7) is 14.3. The molecule has 0 nitrogen and oxygen atoms in total. The Labute approximate surface area is 103 Å². The van der Waals surface area contributed by atoms with E-state index in [1.165, 1.54) is 19.3 Å². The predicted molar refractivity (Wildman–Crippen MR) is 73.4 cm³/mol. The van der Waals surface area contributed by atoms with Crippen molar-refractivity contribution < 1.29 is 0 Å². The molecule has 0 saturated heterocycles. The molecule has 0 aromatic carbocycles. The molecular formula is C16H30. The maximum Gasteiger partial charge on any atom is -0.0179 e. The van der Waals surface area contributed by atoms with E-state index in [4.69, 9.17) is 0 Å². The van der Waals surface area contributed by atoms with Crippen molar-refractivity contribution in [1.29, 1.82) is 0 Å². The molecule has 0 amide bonds. The first-order valence-corrected chi connectivity index (χ1v) is 7.16. The minimum atomic E-state index is 0.795. The van der Waals surface area contributed by atoms with Crippen LogP contribution in [0.5, 0.6) is 0 Å². The second-order valence-electron chi connectivity index (χ2n) is 6.37. The fraction of sp³-hybridized carbons (Fsp3) is 0.875. The van der Waals surface area contributed by atoms with Gasteiger partial charge >= 0.3 is 0 Å². The summed E-state index contributed by atoms with van der Waals surface area (Å²) in [5.41, 5.74) is 1.73. The zero-order chi connectivity index (χ0) is 12.3. The predicted octanol–water partition coefficient (Wildman–Crippen LogP) is 5.30. The van der Waals surface area contributed by atoms with E-state index < -0.39 is 0 Å². The van der Waals surface area contributed by atoms with E-state index in [1.54, 1.807) is 5.57 Å². The monoisotopic (exact) mass is 222 g/mol. The molecule has 0 aromatic heterocycles. The summed E-state index contributed by atoms with van der Waals surface area (Å²) in [7, 11) is 0. The first-order valence-electron chi connectivity index (χ1n) is 7.16. The van der Waals surface area contributed by atoms with Gasteiger partial charge in [0.1, 0.15) is 0 Å². The molecule has 3 unspecified atom stereocenters. The van der Waals surface area contributed by atoms with E-state index in [1.807, 2.05) is 0 Å². The standard InChI is InChI=1S/C16H30/c1-7-8-14-9-15(11(2)3)13(6)16(10-14)12(4)5/h9,11-13,15-16H,7-8,10H2,1-6H3. The normalized spacial score (nSPS) is 31.0. The molecule has 1 rings (SSSR count). The van der Waals surface area contributed by atoms with Gasteiger partial charge in [-0.2, -0.15) is 0 Å². The van der Waals surface area contributed by atoms with Gasteiger partial charge in [0, 0.05) is 0 Å². The fourth-order valence-electron chi connectivity index (χ4n) is 3.41. The van der Waals surface area contributed by atoms with Crippen LogP contribution in [-0.2, 0) is 0 Å². The molecule has 1 aliphatic rings. The molecule has 0 aliphatic heterocycles. The molecule has 0 spiro atoms. The molecule has 16 heavy (non-hydrogen) atoms. The minimum absolute atomic E-state index is 0.795. The van der Waals surface area contributed by atoms with Crippen LogP contribution in [0.15, 0.2) is 11.6 Å². The van der Waals surface area contributed by atoms with Crippen molar-refractivity contribution in [2.75, 3.05) is 0 Å². The quantitative estimate of drug-likeness (QED) is 0.566. The Bertz CT molecular complexity index is 234. The van der Waals surface area contributed by atoms with E-state index >= 15 is 0 Å². The largest absolute Gasteiger partial charge is 0.0817 e. The van der Waals surface area contributed by atoms with Crippen molar-refractivity contribution in [2.45, 2.75) is 60.8 Å². The van der Waals surface area contributed by atoms with Crippen LogP contribution in [-0.4, -0.2) is 0 Å². The van der Waals surface area contributed by atoms with Gasteiger partial charge in [0.25, 0.3) is 0 Å². The van der Waals surface area contributed by atoms with E-state index in [0.29, 0.717) is 0 Å². The summed E-state index contributed by atoms with van der Waals surface area (Å²) in [5.74, 6) is 4.20. The van der Waals surface area contributed by atoms with Gasteiger partial charge in [0.15, 0.2) is 0 Å². The Morgan fingerprint density at radius 1 is 1.19 bits per heavy atom. The minimum Gasteiger partial charge on any atom is -0.0817 e. The number of hydrogen-bond acceptors (Lipinski definition) is 0. The second kappa shape index (κ2) is 5.89. The molecule has 94 valence electrons. The van der Waals surface area contributed by atoms with Gasteiger partial charge in [0.05, 0.1) is 0 Å². The molecule has 0 radical (unpaired) electrons. The Morgan fingerprint density at radius 2 is 1.81 bits per heavy atom. The molecule has 0 heteroatoms. The highest BCUT2D eigenvalue weighted by Gasteiger charge is 2.32. The van der Waals surface area contributed by atoms with E-state index in [9.17, 15) is 0 Å². The third-order valence-electron chi connectivity index (χ3n) is 4.41. The van der Waals surface area contributed by atoms with Gasteiger partial charge in [-0.3, -0.25) is 0 Å². The van der Waals surface area contributed by atoms with Crippen LogP contribution in [0.1, 0.15) is 60.8 Å². The first-order chi connectivity index (χ1) is 7.47. The lowest BCUT2D eigenvalue weighted by atomic mass is 9.66. The van der Waals surface area contributed by atoms with Crippen LogP contribution < -0.4 is 0 Å². The maximum absolute atomic E-state index is 2.61. The Balaban J connectivity index is 2.86. The van der Waals surface area contributed by atoms with Crippen LogP contribution in [0.2, 0.25) is 0 Å². The topological polar surface area (TPSA) is 0 Å². The van der Waals surface area contributed by atoms with Gasteiger partial charge in [0.2, 0.25) is 0 Å². The van der Waals surface area contributed by atoms with Crippen molar-refractivity contribution in [3.8, 4) is 0 Å². The van der Waals surface area contributed by atoms with E-state index in [-0.39, 0.29) is 0 Å². The number of rotatable bonds is 4. The maximum atomic E-state index is 2.61. The lowest BCUT2D eigenvalue weighted by Gasteiger charge is -2.39. The zero-order valence-corrected chi connectivity index (χ0v) is 12.1. The van der Waals surface area contributed by atoms with E-state index in [2.05, 4.69) is 47.6 Å². The summed E-state index contributed by atoms with van der Waals surface area (Å²) >= 11 is 0. The van der Waals surface area contributed by atoms with Crippen molar-refractivity contribution in [1.82, 2.24) is 0 Å². The lowest BCUT2D eigenvalue weighted by molar-refractivity contribution is 0.170. The van der Waals surface area contributed by atoms with Crippen LogP contribution in [0.3, 0.4) is 0 Å². The molecule has 1 aliphatic carbocycles. The average molecular weight is 222 g/mol. The van der Waals surface area contributed by atoms with Crippen molar-refractivity contribution in [2.24, 2.45) is 29.6 Å². The Kier molecular flexibility index (Phi) is 5.08. The molecule has 3 atom stereocenters. The highest BCUT2D eigenvalue weighted by Crippen LogP contribution is 2.42. The average Bonchev–Trinajstić information content (AvgIpc) is 2.19. The highest BCUT2D eigenvalue weighted by molar-refractivity contribution is 5.12. The molecule has 0 N–H and O–H groups in total. The zero-order valence-electron chi connectivity index (χ0n) is 12.1. The van der Waals surface area contributed by atoms with Crippen molar-refractivity contribution in [3.63, 3.8) is 0 Å². The lowest BCUT2D eigenvalue weighted by Crippen LogP contribution is -2.31. The summed E-state index contributed by atoms with van der Waals surface area (Å²) in [5, 5.41) is 0. The molecule has 0 heterocycles. The van der Waals surface area contributed by atoms with Crippen molar-refractivity contribution >= 4 is 0 Å². The molecule has 0 saturated carbocycles. The van der Waals surface area contributed by atoms with Crippen LogP contribution in [0.25, 0.3) is 0 Å². The Hall–Kier alpha value is -0.260. The van der Waals surface area contributed by atoms with Gasteiger partial charge in [-0.05, 0) is 42.4 Å². The SMILES string of the molecule is CCCC1=CC(C(C)C)C(C)C(C(C)C)C1. The third kappa shape index (κ3) is 3.12. The summed E-state index contributed by atoms with van der Waals surface area (Å²) < 4.78 is 0. The molecule has 0 bridgehead atoms. The first kappa shape index (κ1) is 13.8. The van der Waals surface area contributed by atoms with Gasteiger partial charge < -0.3 is 0 Å². The molecule has 0 fully saturated rings. The Morgan fingerprint density at radius 3 is 2.25 bits per heavy atom. The van der Waals surface area contributed by atoms with Crippen LogP contribution in [0, 0.1) is 29.6 Å². The summed E-state index contributed by atoms with van der Waals surface area (Å²) in [6.07, 6.45) is 6.59. The van der Waals surface area contributed by atoms with Gasteiger partial charge in [-0.25, -0.2) is 0 Å². The summed E-state index contributed by atoms with van der Waals surface area (Å²) in [4.78, 5) is 0. The molecule has 0 aromatic rings. The second-order valence-corrected chi connectivity index (χ2v) is 6.37. The molecular weight excluding hydrogens is 192 g/mol. The smallest absolute Gasteiger partial charge is 0.0179 e. The number of allylic oxidation sites excluding steroid dienone is 2. The van der Waals surface area contributed by atoms with Crippen molar-refractivity contribution in [3.05, 3.63) is 11.6 Å². The fourth-order valence-corrected chi connectivity index (χ4v) is 3.41. The third-order valence-corrected chi connectivity index (χ3v) is 4.41. The van der Waals surface area contributed by atoms with Gasteiger partial charge in [-0.15, -0.1) is 0 Å². The number of hydrogen-bond donors (Lipinski definition) is 0. The van der Waals surface area contributed by atoms with Crippen LogP contribution in [0.4, 0.5) is 0 Å². The highest BCUT2D eigenvalue weighted by atomic mass is 14.4.